The zero-order valence-corrected chi connectivity index (χ0v) is 12.7. The molecule has 0 bridgehead atoms. The molecule has 0 aliphatic heterocycles. The smallest absolute Gasteiger partial charge is 0.0622 e. The molecular formula is C13H15BrClN3. The van der Waals surface area contributed by atoms with Crippen molar-refractivity contribution in [3.8, 4) is 0 Å². The van der Waals surface area contributed by atoms with Crippen molar-refractivity contribution in [1.29, 1.82) is 0 Å². The van der Waals surface area contributed by atoms with Gasteiger partial charge in [-0.25, -0.2) is 0 Å². The van der Waals surface area contributed by atoms with Gasteiger partial charge in [0.05, 0.1) is 12.2 Å². The minimum Gasteiger partial charge on any atom is -0.306 e. The number of nitrogens with one attached hydrogen (secondary N) is 1. The Balaban J connectivity index is 2.41. The lowest BCUT2D eigenvalue weighted by Crippen LogP contribution is -2.22. The summed E-state index contributed by atoms with van der Waals surface area (Å²) < 4.78 is 2.78. The zero-order chi connectivity index (χ0) is 13.1. The summed E-state index contributed by atoms with van der Waals surface area (Å²) >= 11 is 9.74. The summed E-state index contributed by atoms with van der Waals surface area (Å²) in [7, 11) is 1.91. The van der Waals surface area contributed by atoms with Crippen LogP contribution in [0.15, 0.2) is 35.1 Å². The van der Waals surface area contributed by atoms with E-state index in [1.54, 1.807) is 4.68 Å². The van der Waals surface area contributed by atoms with E-state index >= 15 is 0 Å². The molecule has 0 spiro atoms. The molecule has 1 aromatic heterocycles. The number of aromatic nitrogens is 2. The van der Waals surface area contributed by atoms with E-state index in [1.165, 1.54) is 0 Å². The Morgan fingerprint density at radius 3 is 2.83 bits per heavy atom. The first kappa shape index (κ1) is 13.6. The van der Waals surface area contributed by atoms with Crippen LogP contribution in [0.3, 0.4) is 0 Å². The van der Waals surface area contributed by atoms with Gasteiger partial charge >= 0.3 is 0 Å². The Kier molecular flexibility index (Phi) is 4.43. The van der Waals surface area contributed by atoms with E-state index < -0.39 is 0 Å². The SMILES string of the molecule is CCNC(c1cnn(C)c1)c1ccc(Br)cc1Cl. The summed E-state index contributed by atoms with van der Waals surface area (Å²) in [5.41, 5.74) is 2.18. The van der Waals surface area contributed by atoms with Crippen molar-refractivity contribution in [2.24, 2.45) is 7.05 Å². The van der Waals surface area contributed by atoms with Crippen LogP contribution in [0.1, 0.15) is 24.1 Å². The molecule has 0 amide bonds. The Labute approximate surface area is 120 Å². The van der Waals surface area contributed by atoms with Crippen LogP contribution in [0.5, 0.6) is 0 Å². The van der Waals surface area contributed by atoms with Crippen molar-refractivity contribution in [2.75, 3.05) is 6.54 Å². The summed E-state index contributed by atoms with van der Waals surface area (Å²) in [6.07, 6.45) is 3.87. The predicted molar refractivity (Wildman–Crippen MR) is 77.9 cm³/mol. The van der Waals surface area contributed by atoms with Crippen molar-refractivity contribution in [3.63, 3.8) is 0 Å². The van der Waals surface area contributed by atoms with Crippen LogP contribution < -0.4 is 5.32 Å². The molecule has 0 saturated heterocycles. The van der Waals surface area contributed by atoms with Gasteiger partial charge in [0.2, 0.25) is 0 Å². The Morgan fingerprint density at radius 1 is 1.50 bits per heavy atom. The minimum atomic E-state index is 0.0734. The Bertz CT molecular complexity index is 539. The molecule has 0 aliphatic rings. The van der Waals surface area contributed by atoms with E-state index in [0.717, 1.165) is 27.2 Å². The molecule has 96 valence electrons. The highest BCUT2D eigenvalue weighted by Crippen LogP contribution is 2.30. The van der Waals surface area contributed by atoms with Gasteiger partial charge in [-0.2, -0.15) is 5.10 Å². The molecule has 3 nitrogen and oxygen atoms in total. The lowest BCUT2D eigenvalue weighted by Gasteiger charge is -2.18. The molecule has 1 heterocycles. The predicted octanol–water partition coefficient (Wildman–Crippen LogP) is 3.53. The van der Waals surface area contributed by atoms with Gasteiger partial charge in [0.25, 0.3) is 0 Å². The summed E-state index contributed by atoms with van der Waals surface area (Å²) in [6.45, 7) is 2.95. The number of halogens is 2. The van der Waals surface area contributed by atoms with E-state index in [9.17, 15) is 0 Å². The highest BCUT2D eigenvalue weighted by Gasteiger charge is 2.17. The first-order valence-corrected chi connectivity index (χ1v) is 6.95. The van der Waals surface area contributed by atoms with Gasteiger partial charge in [0.1, 0.15) is 0 Å². The molecule has 1 N–H and O–H groups in total. The average Bonchev–Trinajstić information content (AvgIpc) is 2.73. The molecule has 18 heavy (non-hydrogen) atoms. The molecule has 1 unspecified atom stereocenters. The molecule has 2 aromatic rings. The number of rotatable bonds is 4. The lowest BCUT2D eigenvalue weighted by atomic mass is 10.0. The van der Waals surface area contributed by atoms with Crippen molar-refractivity contribution in [2.45, 2.75) is 13.0 Å². The van der Waals surface area contributed by atoms with Gasteiger partial charge in [0, 0.05) is 28.3 Å². The van der Waals surface area contributed by atoms with E-state index in [4.69, 9.17) is 11.6 Å². The number of aryl methyl sites for hydroxylation is 1. The van der Waals surface area contributed by atoms with Gasteiger partial charge in [-0.3, -0.25) is 4.68 Å². The second-order valence-corrected chi connectivity index (χ2v) is 5.43. The maximum atomic E-state index is 6.32. The maximum Gasteiger partial charge on any atom is 0.0622 e. The molecule has 1 aromatic carbocycles. The van der Waals surface area contributed by atoms with Crippen LogP contribution >= 0.6 is 27.5 Å². The third kappa shape index (κ3) is 2.94. The first-order chi connectivity index (χ1) is 8.61. The third-order valence-electron chi connectivity index (χ3n) is 2.74. The summed E-state index contributed by atoms with van der Waals surface area (Å²) in [4.78, 5) is 0. The van der Waals surface area contributed by atoms with E-state index in [1.807, 2.05) is 37.6 Å². The summed E-state index contributed by atoms with van der Waals surface area (Å²) in [5, 5.41) is 8.40. The van der Waals surface area contributed by atoms with Crippen molar-refractivity contribution < 1.29 is 0 Å². The quantitative estimate of drug-likeness (QED) is 0.930. The number of hydrogen-bond acceptors (Lipinski definition) is 2. The van der Waals surface area contributed by atoms with Crippen molar-refractivity contribution in [1.82, 2.24) is 15.1 Å². The fourth-order valence-electron chi connectivity index (χ4n) is 1.94. The number of benzene rings is 1. The second kappa shape index (κ2) is 5.87. The van der Waals surface area contributed by atoms with E-state index in [2.05, 4.69) is 33.3 Å². The summed E-state index contributed by atoms with van der Waals surface area (Å²) in [5.74, 6) is 0. The van der Waals surface area contributed by atoms with Gasteiger partial charge in [-0.15, -0.1) is 0 Å². The zero-order valence-electron chi connectivity index (χ0n) is 10.3. The van der Waals surface area contributed by atoms with Gasteiger partial charge in [-0.1, -0.05) is 40.5 Å². The van der Waals surface area contributed by atoms with Crippen LogP contribution in [0, 0.1) is 0 Å². The fourth-order valence-corrected chi connectivity index (χ4v) is 2.72. The van der Waals surface area contributed by atoms with E-state index in [0.29, 0.717) is 0 Å². The molecule has 0 radical (unpaired) electrons. The molecule has 5 heteroatoms. The molecular weight excluding hydrogens is 314 g/mol. The molecule has 1 atom stereocenters. The maximum absolute atomic E-state index is 6.32. The van der Waals surface area contributed by atoms with Crippen LogP contribution in [0.2, 0.25) is 5.02 Å². The lowest BCUT2D eigenvalue weighted by molar-refractivity contribution is 0.630. The van der Waals surface area contributed by atoms with Crippen LogP contribution in [-0.4, -0.2) is 16.3 Å². The standard InChI is InChI=1S/C13H15BrClN3/c1-3-16-13(9-7-17-18(2)8-9)11-5-4-10(14)6-12(11)15/h4-8,13,16H,3H2,1-2H3. The topological polar surface area (TPSA) is 29.9 Å². The van der Waals surface area contributed by atoms with Gasteiger partial charge < -0.3 is 5.32 Å². The van der Waals surface area contributed by atoms with Crippen molar-refractivity contribution >= 4 is 27.5 Å². The average molecular weight is 329 g/mol. The first-order valence-electron chi connectivity index (χ1n) is 5.78. The molecule has 0 aliphatic carbocycles. The monoisotopic (exact) mass is 327 g/mol. The van der Waals surface area contributed by atoms with Crippen molar-refractivity contribution in [3.05, 3.63) is 51.2 Å². The van der Waals surface area contributed by atoms with Gasteiger partial charge in [0.15, 0.2) is 0 Å². The minimum absolute atomic E-state index is 0.0734. The Hall–Kier alpha value is -0.840. The second-order valence-electron chi connectivity index (χ2n) is 4.10. The fraction of sp³-hybridized carbons (Fsp3) is 0.308. The molecule has 0 fully saturated rings. The highest BCUT2D eigenvalue weighted by molar-refractivity contribution is 9.10. The molecule has 0 saturated carbocycles. The van der Waals surface area contributed by atoms with Crippen LogP contribution in [0.25, 0.3) is 0 Å². The third-order valence-corrected chi connectivity index (χ3v) is 3.56. The number of hydrogen-bond donors (Lipinski definition) is 1. The van der Waals surface area contributed by atoms with Gasteiger partial charge in [-0.05, 0) is 24.2 Å². The number of nitrogens with zero attached hydrogens (tertiary/aromatic N) is 2. The van der Waals surface area contributed by atoms with Crippen LogP contribution in [0.4, 0.5) is 0 Å². The van der Waals surface area contributed by atoms with E-state index in [-0.39, 0.29) is 6.04 Å². The normalized spacial score (nSPS) is 12.7. The molecule has 2 rings (SSSR count). The highest BCUT2D eigenvalue weighted by atomic mass is 79.9. The van der Waals surface area contributed by atoms with Crippen LogP contribution in [-0.2, 0) is 7.05 Å². The largest absolute Gasteiger partial charge is 0.306 e. The Morgan fingerprint density at radius 2 is 2.28 bits per heavy atom. The summed E-state index contributed by atoms with van der Waals surface area (Å²) in [6, 6.07) is 6.02.